The fourth-order valence-corrected chi connectivity index (χ4v) is 4.17. The van der Waals surface area contributed by atoms with Crippen molar-refractivity contribution in [3.05, 3.63) is 81.6 Å². The van der Waals surface area contributed by atoms with E-state index in [1.165, 1.54) is 16.9 Å². The first-order valence-electron chi connectivity index (χ1n) is 10.3. The van der Waals surface area contributed by atoms with Crippen LogP contribution in [0.3, 0.4) is 0 Å². The van der Waals surface area contributed by atoms with Crippen molar-refractivity contribution in [3.8, 4) is 11.4 Å². The fourth-order valence-electron chi connectivity index (χ4n) is 3.45. The van der Waals surface area contributed by atoms with Gasteiger partial charge in [-0.3, -0.25) is 14.2 Å². The van der Waals surface area contributed by atoms with E-state index in [4.69, 9.17) is 11.6 Å². The van der Waals surface area contributed by atoms with Crippen LogP contribution in [0.2, 0.25) is 5.02 Å². The Morgan fingerprint density at radius 1 is 1.15 bits per heavy atom. The third kappa shape index (κ3) is 4.19. The molecule has 0 aliphatic rings. The first-order chi connectivity index (χ1) is 16.4. The predicted molar refractivity (Wildman–Crippen MR) is 128 cm³/mol. The third-order valence-corrected chi connectivity index (χ3v) is 5.97. The molecule has 12 heteroatoms. The number of fused-ring (bicyclic) bond motifs is 1. The Morgan fingerprint density at radius 2 is 1.97 bits per heavy atom. The maximum absolute atomic E-state index is 13.9. The van der Waals surface area contributed by atoms with Gasteiger partial charge in [-0.25, -0.2) is 13.9 Å². The summed E-state index contributed by atoms with van der Waals surface area (Å²) in [6.45, 7) is 2.87. The molecule has 0 spiro atoms. The SMILES string of the molecule is CCn1cc(Br)c(-c2ccnc3cc(C(=O)Nc4nn(Cc5ccccc5F)cc4Cl)nn23)n1. The van der Waals surface area contributed by atoms with E-state index < -0.39 is 5.91 Å². The van der Waals surface area contributed by atoms with Crippen LogP contribution in [0.1, 0.15) is 23.0 Å². The van der Waals surface area contributed by atoms with Gasteiger partial charge in [0.25, 0.3) is 5.91 Å². The lowest BCUT2D eigenvalue weighted by Gasteiger charge is -2.03. The largest absolute Gasteiger partial charge is 0.302 e. The van der Waals surface area contributed by atoms with Gasteiger partial charge in [-0.1, -0.05) is 29.8 Å². The summed E-state index contributed by atoms with van der Waals surface area (Å²) in [5.41, 5.74) is 2.42. The quantitative estimate of drug-likeness (QED) is 0.336. The highest BCUT2D eigenvalue weighted by molar-refractivity contribution is 9.10. The molecule has 4 aromatic heterocycles. The molecule has 4 heterocycles. The molecule has 9 nitrogen and oxygen atoms in total. The van der Waals surface area contributed by atoms with E-state index in [0.29, 0.717) is 29.1 Å². The van der Waals surface area contributed by atoms with E-state index in [0.717, 1.165) is 4.47 Å². The fraction of sp³-hybridized carbons (Fsp3) is 0.136. The minimum atomic E-state index is -0.507. The molecule has 5 aromatic rings. The van der Waals surface area contributed by atoms with Gasteiger partial charge in [0, 0.05) is 36.8 Å². The number of nitrogens with zero attached hydrogens (tertiary/aromatic N) is 7. The number of halogens is 3. The number of nitrogens with one attached hydrogen (secondary N) is 1. The Balaban J connectivity index is 1.41. The van der Waals surface area contributed by atoms with E-state index in [1.807, 2.05) is 13.1 Å². The van der Waals surface area contributed by atoms with Gasteiger partial charge < -0.3 is 5.32 Å². The summed E-state index contributed by atoms with van der Waals surface area (Å²) in [6.07, 6.45) is 5.03. The number of carbonyl (C=O) groups is 1. The summed E-state index contributed by atoms with van der Waals surface area (Å²) >= 11 is 9.78. The van der Waals surface area contributed by atoms with E-state index in [2.05, 4.69) is 41.5 Å². The number of amides is 1. The van der Waals surface area contributed by atoms with Crippen molar-refractivity contribution in [2.24, 2.45) is 0 Å². The summed E-state index contributed by atoms with van der Waals surface area (Å²) in [7, 11) is 0. The maximum atomic E-state index is 13.9. The van der Waals surface area contributed by atoms with Gasteiger partial charge in [-0.2, -0.15) is 15.3 Å². The van der Waals surface area contributed by atoms with E-state index in [-0.39, 0.29) is 28.9 Å². The number of aromatic nitrogens is 7. The lowest BCUT2D eigenvalue weighted by molar-refractivity contribution is 0.102. The summed E-state index contributed by atoms with van der Waals surface area (Å²) < 4.78 is 19.6. The lowest BCUT2D eigenvalue weighted by atomic mass is 10.2. The van der Waals surface area contributed by atoms with Gasteiger partial charge in [-0.15, -0.1) is 0 Å². The summed E-state index contributed by atoms with van der Waals surface area (Å²) in [5.74, 6) is -0.701. The third-order valence-electron chi connectivity index (χ3n) is 5.11. The first-order valence-corrected chi connectivity index (χ1v) is 11.5. The second kappa shape index (κ2) is 8.99. The van der Waals surface area contributed by atoms with Crippen LogP contribution in [0.25, 0.3) is 17.0 Å². The smallest absolute Gasteiger partial charge is 0.277 e. The molecule has 1 amide bonds. The van der Waals surface area contributed by atoms with Crippen molar-refractivity contribution in [1.82, 2.24) is 34.2 Å². The van der Waals surface area contributed by atoms with Crippen LogP contribution in [0.4, 0.5) is 10.2 Å². The highest BCUT2D eigenvalue weighted by Gasteiger charge is 2.19. The Kier molecular flexibility index (Phi) is 5.88. The van der Waals surface area contributed by atoms with Crippen molar-refractivity contribution >= 4 is 44.9 Å². The van der Waals surface area contributed by atoms with Crippen LogP contribution in [0.5, 0.6) is 0 Å². The molecular formula is C22H17BrClFN8O. The molecule has 0 atom stereocenters. The Morgan fingerprint density at radius 3 is 2.74 bits per heavy atom. The molecule has 172 valence electrons. The zero-order chi connectivity index (χ0) is 23.8. The van der Waals surface area contributed by atoms with E-state index in [1.54, 1.807) is 45.7 Å². The second-order valence-corrected chi connectivity index (χ2v) is 8.64. The molecule has 0 saturated heterocycles. The summed E-state index contributed by atoms with van der Waals surface area (Å²) in [4.78, 5) is 17.2. The van der Waals surface area contributed by atoms with E-state index in [9.17, 15) is 9.18 Å². The number of hydrogen-bond acceptors (Lipinski definition) is 5. The van der Waals surface area contributed by atoms with Gasteiger partial charge in [-0.05, 0) is 35.0 Å². The maximum Gasteiger partial charge on any atom is 0.277 e. The van der Waals surface area contributed by atoms with Crippen molar-refractivity contribution in [1.29, 1.82) is 0 Å². The minimum Gasteiger partial charge on any atom is -0.302 e. The average Bonchev–Trinajstić information content (AvgIpc) is 3.52. The number of hydrogen-bond donors (Lipinski definition) is 1. The molecule has 0 bridgehead atoms. The zero-order valence-corrected chi connectivity index (χ0v) is 20.1. The normalized spacial score (nSPS) is 11.3. The molecule has 0 aliphatic carbocycles. The monoisotopic (exact) mass is 542 g/mol. The predicted octanol–water partition coefficient (Wildman–Crippen LogP) is 4.66. The Bertz CT molecular complexity index is 1520. The number of aryl methyl sites for hydroxylation is 1. The van der Waals surface area contributed by atoms with Gasteiger partial charge in [0.05, 0.1) is 16.7 Å². The highest BCUT2D eigenvalue weighted by Crippen LogP contribution is 2.27. The minimum absolute atomic E-state index is 0.130. The molecule has 0 aliphatic heterocycles. The van der Waals surface area contributed by atoms with Crippen molar-refractivity contribution in [3.63, 3.8) is 0 Å². The highest BCUT2D eigenvalue weighted by atomic mass is 79.9. The zero-order valence-electron chi connectivity index (χ0n) is 17.8. The Hall–Kier alpha value is -3.57. The average molecular weight is 544 g/mol. The summed E-state index contributed by atoms with van der Waals surface area (Å²) in [5, 5.41) is 16.1. The topological polar surface area (TPSA) is 94.9 Å². The molecule has 5 rings (SSSR count). The van der Waals surface area contributed by atoms with Crippen LogP contribution < -0.4 is 5.32 Å². The van der Waals surface area contributed by atoms with Gasteiger partial charge >= 0.3 is 0 Å². The molecule has 0 fully saturated rings. The molecule has 0 unspecified atom stereocenters. The van der Waals surface area contributed by atoms with Crippen molar-refractivity contribution in [2.75, 3.05) is 5.32 Å². The van der Waals surface area contributed by atoms with Crippen LogP contribution in [-0.4, -0.2) is 40.1 Å². The number of anilines is 1. The molecule has 0 radical (unpaired) electrons. The molecule has 0 saturated carbocycles. The van der Waals surface area contributed by atoms with Gasteiger partial charge in [0.15, 0.2) is 17.2 Å². The van der Waals surface area contributed by atoms with Crippen LogP contribution in [0.15, 0.2) is 59.5 Å². The van der Waals surface area contributed by atoms with Crippen LogP contribution in [0, 0.1) is 5.82 Å². The van der Waals surface area contributed by atoms with E-state index >= 15 is 0 Å². The van der Waals surface area contributed by atoms with Gasteiger partial charge in [0.2, 0.25) is 0 Å². The molecule has 1 aromatic carbocycles. The summed E-state index contributed by atoms with van der Waals surface area (Å²) in [6, 6.07) is 9.73. The van der Waals surface area contributed by atoms with Crippen molar-refractivity contribution in [2.45, 2.75) is 20.0 Å². The standard InChI is InChI=1S/C22H17BrClFN8O/c1-2-31-11-14(23)20(29-31)18-7-8-26-19-9-17(28-33(18)19)22(34)27-21-15(24)12-32(30-21)10-13-5-3-4-6-16(13)25/h3-9,11-12H,2,10H2,1H3,(H,27,30,34). The number of benzene rings is 1. The molecular weight excluding hydrogens is 527 g/mol. The molecule has 34 heavy (non-hydrogen) atoms. The van der Waals surface area contributed by atoms with Crippen LogP contribution >= 0.6 is 27.5 Å². The van der Waals surface area contributed by atoms with Gasteiger partial charge in [0.1, 0.15) is 16.5 Å². The first kappa shape index (κ1) is 22.2. The van der Waals surface area contributed by atoms with Crippen LogP contribution in [-0.2, 0) is 13.1 Å². The number of rotatable bonds is 6. The van der Waals surface area contributed by atoms with Crippen molar-refractivity contribution < 1.29 is 9.18 Å². The Labute approximate surface area is 206 Å². The number of carbonyl (C=O) groups excluding carboxylic acids is 1. The second-order valence-electron chi connectivity index (χ2n) is 7.38. The molecule has 1 N–H and O–H groups in total. The lowest BCUT2D eigenvalue weighted by Crippen LogP contribution is -2.14.